The number of nitrogens with two attached hydrogens (primary N) is 1. The van der Waals surface area contributed by atoms with E-state index in [9.17, 15) is 0 Å². The molecule has 2 N–H and O–H groups in total. The molecule has 0 saturated heterocycles. The molecular weight excluding hydrogens is 126 g/mol. The molecule has 0 aromatic rings. The Morgan fingerprint density at radius 2 is 1.60 bits per heavy atom. The zero-order valence-electron chi connectivity index (χ0n) is 7.64. The van der Waals surface area contributed by atoms with Gasteiger partial charge in [0.1, 0.15) is 0 Å². The summed E-state index contributed by atoms with van der Waals surface area (Å²) < 4.78 is 5.57. The molecule has 1 unspecified atom stereocenters. The normalized spacial score (nSPS) is 18.6. The Labute approximate surface area is 63.7 Å². The topological polar surface area (TPSA) is 35.2 Å². The van der Waals surface area contributed by atoms with E-state index >= 15 is 0 Å². The number of rotatable bonds is 2. The lowest BCUT2D eigenvalue weighted by atomic mass is 10.1. The lowest BCUT2D eigenvalue weighted by Crippen LogP contribution is -2.37. The molecule has 0 rings (SSSR count). The average Bonchev–Trinajstić information content (AvgIpc) is 1.60. The van der Waals surface area contributed by atoms with Crippen molar-refractivity contribution in [2.75, 3.05) is 0 Å². The molecule has 2 atom stereocenters. The minimum atomic E-state index is -0.0763. The van der Waals surface area contributed by atoms with Crippen LogP contribution in [0, 0.1) is 0 Å². The number of hydrogen-bond acceptors (Lipinski definition) is 2. The van der Waals surface area contributed by atoms with Crippen LogP contribution in [0.3, 0.4) is 0 Å². The van der Waals surface area contributed by atoms with Crippen molar-refractivity contribution in [2.24, 2.45) is 5.73 Å². The fourth-order valence-corrected chi connectivity index (χ4v) is 0.665. The summed E-state index contributed by atoms with van der Waals surface area (Å²) in [5.74, 6) is 0. The van der Waals surface area contributed by atoms with Gasteiger partial charge < -0.3 is 10.5 Å². The van der Waals surface area contributed by atoms with Gasteiger partial charge in [0.15, 0.2) is 0 Å². The minimum Gasteiger partial charge on any atom is -0.371 e. The maximum absolute atomic E-state index is 5.62. The highest BCUT2D eigenvalue weighted by atomic mass is 16.5. The molecule has 0 saturated carbocycles. The summed E-state index contributed by atoms with van der Waals surface area (Å²) in [5.41, 5.74) is 5.54. The smallest absolute Gasteiger partial charge is 0.0702 e. The number of hydrogen-bond donors (Lipinski definition) is 1. The van der Waals surface area contributed by atoms with E-state index in [1.165, 1.54) is 0 Å². The van der Waals surface area contributed by atoms with Crippen LogP contribution >= 0.6 is 0 Å². The summed E-state index contributed by atoms with van der Waals surface area (Å²) in [6.45, 7) is 10.1. The SMILES string of the molecule is CC(OC(C)(C)C)[C@@H](C)N. The summed E-state index contributed by atoms with van der Waals surface area (Å²) in [7, 11) is 0. The number of ether oxygens (including phenoxy) is 1. The van der Waals surface area contributed by atoms with E-state index in [1.807, 2.05) is 34.6 Å². The van der Waals surface area contributed by atoms with Gasteiger partial charge in [0, 0.05) is 6.04 Å². The molecule has 0 heterocycles. The molecule has 2 heteroatoms. The van der Waals surface area contributed by atoms with E-state index in [1.54, 1.807) is 0 Å². The van der Waals surface area contributed by atoms with Crippen LogP contribution in [-0.4, -0.2) is 17.7 Å². The highest BCUT2D eigenvalue weighted by molar-refractivity contribution is 4.68. The molecule has 10 heavy (non-hydrogen) atoms. The van der Waals surface area contributed by atoms with Gasteiger partial charge in [0.05, 0.1) is 11.7 Å². The van der Waals surface area contributed by atoms with Gasteiger partial charge in [-0.05, 0) is 34.6 Å². The highest BCUT2D eigenvalue weighted by Gasteiger charge is 2.17. The Morgan fingerprint density at radius 1 is 1.20 bits per heavy atom. The minimum absolute atomic E-state index is 0.0763. The third kappa shape index (κ3) is 4.77. The van der Waals surface area contributed by atoms with Gasteiger partial charge in [-0.1, -0.05) is 0 Å². The zero-order valence-corrected chi connectivity index (χ0v) is 7.64. The van der Waals surface area contributed by atoms with Gasteiger partial charge in [-0.25, -0.2) is 0 Å². The predicted octanol–water partition coefficient (Wildman–Crippen LogP) is 1.54. The van der Waals surface area contributed by atoms with E-state index in [2.05, 4.69) is 0 Å². The van der Waals surface area contributed by atoms with Crippen LogP contribution in [0.4, 0.5) is 0 Å². The Balaban J connectivity index is 3.68. The molecule has 0 aliphatic carbocycles. The highest BCUT2D eigenvalue weighted by Crippen LogP contribution is 2.11. The molecule has 0 aliphatic heterocycles. The Hall–Kier alpha value is -0.0800. The molecule has 0 spiro atoms. The molecule has 62 valence electrons. The summed E-state index contributed by atoms with van der Waals surface area (Å²) >= 11 is 0. The van der Waals surface area contributed by atoms with Crippen molar-refractivity contribution in [3.05, 3.63) is 0 Å². The van der Waals surface area contributed by atoms with E-state index in [0.717, 1.165) is 0 Å². The van der Waals surface area contributed by atoms with Crippen LogP contribution in [0.25, 0.3) is 0 Å². The van der Waals surface area contributed by atoms with Crippen LogP contribution in [0.5, 0.6) is 0 Å². The maximum atomic E-state index is 5.62. The average molecular weight is 145 g/mol. The zero-order chi connectivity index (χ0) is 8.36. The lowest BCUT2D eigenvalue weighted by Gasteiger charge is -2.27. The van der Waals surface area contributed by atoms with Gasteiger partial charge in [-0.2, -0.15) is 0 Å². The van der Waals surface area contributed by atoms with Crippen molar-refractivity contribution >= 4 is 0 Å². The molecule has 0 bridgehead atoms. The van der Waals surface area contributed by atoms with E-state index in [4.69, 9.17) is 10.5 Å². The van der Waals surface area contributed by atoms with E-state index in [-0.39, 0.29) is 17.7 Å². The second kappa shape index (κ2) is 3.35. The van der Waals surface area contributed by atoms with Crippen molar-refractivity contribution in [2.45, 2.75) is 52.4 Å². The summed E-state index contributed by atoms with van der Waals surface area (Å²) in [5, 5.41) is 0. The first-order valence-electron chi connectivity index (χ1n) is 3.76. The first-order chi connectivity index (χ1) is 4.33. The van der Waals surface area contributed by atoms with Crippen LogP contribution in [0.15, 0.2) is 0 Å². The maximum Gasteiger partial charge on any atom is 0.0702 e. The quantitative estimate of drug-likeness (QED) is 0.639. The molecule has 0 aliphatic rings. The first-order valence-corrected chi connectivity index (χ1v) is 3.76. The Bertz CT molecular complexity index is 93.9. The second-order valence-electron chi connectivity index (χ2n) is 3.79. The fourth-order valence-electron chi connectivity index (χ4n) is 0.665. The Morgan fingerprint density at radius 3 is 1.70 bits per heavy atom. The predicted molar refractivity (Wildman–Crippen MR) is 43.9 cm³/mol. The van der Waals surface area contributed by atoms with Crippen LogP contribution in [-0.2, 0) is 4.74 Å². The van der Waals surface area contributed by atoms with Crippen LogP contribution < -0.4 is 5.73 Å². The molecule has 0 fully saturated rings. The largest absolute Gasteiger partial charge is 0.371 e. The van der Waals surface area contributed by atoms with Gasteiger partial charge >= 0.3 is 0 Å². The molecule has 0 radical (unpaired) electrons. The van der Waals surface area contributed by atoms with Gasteiger partial charge in [-0.3, -0.25) is 0 Å². The van der Waals surface area contributed by atoms with Crippen LogP contribution in [0.1, 0.15) is 34.6 Å². The van der Waals surface area contributed by atoms with Crippen molar-refractivity contribution in [3.63, 3.8) is 0 Å². The summed E-state index contributed by atoms with van der Waals surface area (Å²) in [6, 6.07) is 0.110. The monoisotopic (exact) mass is 145 g/mol. The standard InChI is InChI=1S/C8H19NO/c1-6(9)7(2)10-8(3,4)5/h6-7H,9H2,1-5H3/t6-,7?/m1/s1. The molecule has 0 aromatic heterocycles. The van der Waals surface area contributed by atoms with Crippen molar-refractivity contribution in [3.8, 4) is 0 Å². The lowest BCUT2D eigenvalue weighted by molar-refractivity contribution is -0.0589. The summed E-state index contributed by atoms with van der Waals surface area (Å²) in [4.78, 5) is 0. The van der Waals surface area contributed by atoms with Gasteiger partial charge in [0.2, 0.25) is 0 Å². The van der Waals surface area contributed by atoms with Crippen molar-refractivity contribution < 1.29 is 4.74 Å². The van der Waals surface area contributed by atoms with E-state index in [0.29, 0.717) is 0 Å². The second-order valence-corrected chi connectivity index (χ2v) is 3.79. The van der Waals surface area contributed by atoms with Crippen LogP contribution in [0.2, 0.25) is 0 Å². The summed E-state index contributed by atoms with van der Waals surface area (Å²) in [6.07, 6.45) is 0.139. The van der Waals surface area contributed by atoms with Crippen molar-refractivity contribution in [1.82, 2.24) is 0 Å². The van der Waals surface area contributed by atoms with Gasteiger partial charge in [0.25, 0.3) is 0 Å². The molecule has 0 aromatic carbocycles. The third-order valence-electron chi connectivity index (χ3n) is 1.28. The first kappa shape index (κ1) is 9.92. The Kier molecular flexibility index (Phi) is 3.33. The third-order valence-corrected chi connectivity index (χ3v) is 1.28. The fraction of sp³-hybridized carbons (Fsp3) is 1.00. The molecule has 2 nitrogen and oxygen atoms in total. The van der Waals surface area contributed by atoms with Gasteiger partial charge in [-0.15, -0.1) is 0 Å². The molecule has 0 amide bonds. The van der Waals surface area contributed by atoms with E-state index < -0.39 is 0 Å². The van der Waals surface area contributed by atoms with Crippen molar-refractivity contribution in [1.29, 1.82) is 0 Å². The molecular formula is C8H19NO.